The van der Waals surface area contributed by atoms with Crippen molar-refractivity contribution in [2.45, 2.75) is 53.4 Å². The Balaban J connectivity index is 0. The Hall–Kier alpha value is -0.161. The first-order valence-electron chi connectivity index (χ1n) is 6.71. The summed E-state index contributed by atoms with van der Waals surface area (Å²) in [4.78, 5) is 0. The van der Waals surface area contributed by atoms with Crippen molar-refractivity contribution in [2.24, 2.45) is 0 Å². The number of hydrogen-bond donors (Lipinski definition) is 0. The van der Waals surface area contributed by atoms with E-state index in [0.717, 1.165) is 0 Å². The molecule has 0 fully saturated rings. The summed E-state index contributed by atoms with van der Waals surface area (Å²) in [5, 5.41) is 0. The summed E-state index contributed by atoms with van der Waals surface area (Å²) < 4.78 is 35.7. The van der Waals surface area contributed by atoms with Crippen LogP contribution in [0.25, 0.3) is 0 Å². The second-order valence-electron chi connectivity index (χ2n) is 4.61. The van der Waals surface area contributed by atoms with E-state index in [4.69, 9.17) is 15.7 Å². The minimum atomic E-state index is -5.62. The summed E-state index contributed by atoms with van der Waals surface area (Å²) in [6.07, 6.45) is 5.33. The maximum absolute atomic E-state index is 8.58. The zero-order valence-electron chi connectivity index (χ0n) is 12.1. The Bertz CT molecular complexity index is 288. The van der Waals surface area contributed by atoms with Gasteiger partial charge in [0.25, 0.3) is 0 Å². The molecular weight excluding hydrogens is 277 g/mol. The second kappa shape index (κ2) is 10.7. The molecule has 0 radical (unpaired) electrons. The minimum absolute atomic E-state index is 1.33. The van der Waals surface area contributed by atoms with E-state index in [0.29, 0.717) is 0 Å². The molecule has 0 N–H and O–H groups in total. The van der Waals surface area contributed by atoms with Gasteiger partial charge in [0.1, 0.15) is 0 Å². The van der Waals surface area contributed by atoms with Gasteiger partial charge in [0, 0.05) is 0 Å². The number of hydrogen-bond acceptors (Lipinski definition) is 4. The van der Waals surface area contributed by atoms with Gasteiger partial charge in [-0.05, 0) is 25.7 Å². The van der Waals surface area contributed by atoms with Crippen LogP contribution in [-0.2, 0) is 24.5 Å². The molecule has 112 valence electrons. The summed E-state index contributed by atoms with van der Waals surface area (Å²) in [6.45, 7) is 14.8. The van der Waals surface area contributed by atoms with Gasteiger partial charge >= 0.3 is 28.7 Å². The Kier molecular flexibility index (Phi) is 12.0. The third-order valence-electron chi connectivity index (χ3n) is 2.79. The first-order valence-corrected chi connectivity index (χ1v) is 8.64. The molecule has 0 amide bonds. The molecule has 0 aliphatic carbocycles. The number of nitrogens with zero attached hydrogens (tertiary/aromatic N) is 1. The van der Waals surface area contributed by atoms with E-state index in [9.17, 15) is 0 Å². The van der Waals surface area contributed by atoms with Gasteiger partial charge in [0.2, 0.25) is 0 Å². The molecule has 0 bridgehead atoms. The Morgan fingerprint density at radius 2 is 0.889 bits per heavy atom. The molecule has 0 saturated carbocycles. The molecule has 18 heavy (non-hydrogen) atoms. The SMILES string of the molecule is CCC[N+](CCC)(CCC)CCC.[O]=[Mn](=[O])(=[O])[O-]. The van der Waals surface area contributed by atoms with E-state index in [2.05, 4.69) is 27.7 Å². The van der Waals surface area contributed by atoms with Gasteiger partial charge in [-0.15, -0.1) is 0 Å². The van der Waals surface area contributed by atoms with E-state index >= 15 is 0 Å². The molecular formula is C12H28MnNO4. The van der Waals surface area contributed by atoms with Gasteiger partial charge in [0.15, 0.2) is 0 Å². The van der Waals surface area contributed by atoms with Crippen LogP contribution in [0.5, 0.6) is 0 Å². The second-order valence-corrected chi connectivity index (χ2v) is 5.79. The van der Waals surface area contributed by atoms with Gasteiger partial charge < -0.3 is 4.48 Å². The predicted molar refractivity (Wildman–Crippen MR) is 63.0 cm³/mol. The fourth-order valence-electron chi connectivity index (χ4n) is 2.57. The van der Waals surface area contributed by atoms with Crippen LogP contribution in [0.2, 0.25) is 0 Å². The van der Waals surface area contributed by atoms with Gasteiger partial charge in [-0.2, -0.15) is 0 Å². The van der Waals surface area contributed by atoms with E-state index in [1.807, 2.05) is 0 Å². The average Bonchev–Trinajstić information content (AvgIpc) is 2.16. The third-order valence-corrected chi connectivity index (χ3v) is 2.79. The Labute approximate surface area is 113 Å². The first-order chi connectivity index (χ1) is 8.24. The molecule has 0 aliphatic heterocycles. The summed E-state index contributed by atoms with van der Waals surface area (Å²) >= 11 is -5.62. The van der Waals surface area contributed by atoms with Crippen LogP contribution in [0.1, 0.15) is 53.4 Å². The van der Waals surface area contributed by atoms with Crippen LogP contribution in [0.3, 0.4) is 0 Å². The van der Waals surface area contributed by atoms with Crippen molar-refractivity contribution in [2.75, 3.05) is 26.2 Å². The molecule has 0 spiro atoms. The summed E-state index contributed by atoms with van der Waals surface area (Å²) in [6, 6.07) is 0. The molecule has 0 saturated heterocycles. The van der Waals surface area contributed by atoms with Crippen molar-refractivity contribution in [3.8, 4) is 0 Å². The fourth-order valence-corrected chi connectivity index (χ4v) is 2.57. The quantitative estimate of drug-likeness (QED) is 0.507. The van der Waals surface area contributed by atoms with Crippen LogP contribution < -0.4 is 4.19 Å². The van der Waals surface area contributed by atoms with Gasteiger partial charge in [-0.25, -0.2) is 0 Å². The van der Waals surface area contributed by atoms with E-state index in [-0.39, 0.29) is 0 Å². The van der Waals surface area contributed by atoms with Crippen LogP contribution >= 0.6 is 0 Å². The zero-order valence-corrected chi connectivity index (χ0v) is 13.3. The Morgan fingerprint density at radius 1 is 0.722 bits per heavy atom. The maximum atomic E-state index is 8.58. The molecule has 0 aromatic carbocycles. The van der Waals surface area contributed by atoms with E-state index in [1.54, 1.807) is 0 Å². The summed E-state index contributed by atoms with van der Waals surface area (Å²) in [5.74, 6) is 0. The first kappa shape index (κ1) is 20.2. The predicted octanol–water partition coefficient (Wildman–Crippen LogP) is 1.90. The molecule has 0 heterocycles. The van der Waals surface area contributed by atoms with Crippen LogP contribution in [-0.4, -0.2) is 30.7 Å². The van der Waals surface area contributed by atoms with Gasteiger partial charge in [-0.1, -0.05) is 27.7 Å². The van der Waals surface area contributed by atoms with E-state index in [1.165, 1.54) is 56.3 Å². The van der Waals surface area contributed by atoms with Crippen molar-refractivity contribution >= 4 is 0 Å². The van der Waals surface area contributed by atoms with Crippen molar-refractivity contribution in [3.63, 3.8) is 0 Å². The van der Waals surface area contributed by atoms with Crippen molar-refractivity contribution in [1.29, 1.82) is 0 Å². The van der Waals surface area contributed by atoms with Crippen LogP contribution in [0.4, 0.5) is 0 Å². The zero-order chi connectivity index (χ0) is 14.7. The third kappa shape index (κ3) is 13.9. The van der Waals surface area contributed by atoms with Crippen molar-refractivity contribution < 1.29 is 33.1 Å². The number of rotatable bonds is 8. The molecule has 0 unspecified atom stereocenters. The summed E-state index contributed by atoms with van der Waals surface area (Å²) in [5.41, 5.74) is 0. The normalized spacial score (nSPS) is 11.8. The average molecular weight is 305 g/mol. The van der Waals surface area contributed by atoms with Crippen molar-refractivity contribution in [1.82, 2.24) is 0 Å². The molecule has 0 atom stereocenters. The fraction of sp³-hybridized carbons (Fsp3) is 1.00. The molecule has 6 heteroatoms. The molecule has 0 aromatic heterocycles. The van der Waals surface area contributed by atoms with Crippen LogP contribution in [0.15, 0.2) is 0 Å². The van der Waals surface area contributed by atoms with E-state index < -0.39 is 13.0 Å². The Morgan fingerprint density at radius 3 is 1.00 bits per heavy atom. The monoisotopic (exact) mass is 305 g/mol. The molecule has 0 rings (SSSR count). The molecule has 0 aromatic rings. The standard InChI is InChI=1S/C12H28N.Mn.4O/c1-5-9-13(10-6-2,11-7-3)12-8-4;;;;;/h5-12H2,1-4H3;;;;;/q+1;;;;;-1. The van der Waals surface area contributed by atoms with Gasteiger partial charge in [0.05, 0.1) is 26.2 Å². The van der Waals surface area contributed by atoms with Crippen molar-refractivity contribution in [3.05, 3.63) is 0 Å². The van der Waals surface area contributed by atoms with Crippen LogP contribution in [0, 0.1) is 0 Å². The molecule has 5 nitrogen and oxygen atoms in total. The number of quaternary nitrogens is 1. The summed E-state index contributed by atoms with van der Waals surface area (Å²) in [7, 11) is 0. The molecule has 0 aliphatic rings. The topological polar surface area (TPSA) is 74.3 Å². The van der Waals surface area contributed by atoms with Gasteiger partial charge in [-0.3, -0.25) is 0 Å².